The van der Waals surface area contributed by atoms with Crippen LogP contribution in [0.4, 0.5) is 5.82 Å². The summed E-state index contributed by atoms with van der Waals surface area (Å²) in [6.45, 7) is 4.09. The lowest BCUT2D eigenvalue weighted by atomic mass is 10.1. The monoisotopic (exact) mass is 303 g/mol. The molecule has 1 N–H and O–H groups in total. The van der Waals surface area contributed by atoms with Crippen LogP contribution in [-0.2, 0) is 4.79 Å². The zero-order chi connectivity index (χ0) is 14.1. The molecule has 3 heterocycles. The van der Waals surface area contributed by atoms with Crippen molar-refractivity contribution in [2.24, 2.45) is 0 Å². The molecule has 0 aliphatic carbocycles. The number of fused-ring (bicyclic) bond motifs is 1. The van der Waals surface area contributed by atoms with Crippen LogP contribution in [0.15, 0.2) is 22.8 Å². The van der Waals surface area contributed by atoms with Crippen molar-refractivity contribution < 1.29 is 4.79 Å². The van der Waals surface area contributed by atoms with Crippen molar-refractivity contribution in [3.8, 4) is 0 Å². The normalized spacial score (nSPS) is 15.5. The number of thioether (sulfide) groups is 1. The number of thiophene rings is 1. The molecule has 20 heavy (non-hydrogen) atoms. The van der Waals surface area contributed by atoms with Crippen LogP contribution in [0, 0.1) is 6.92 Å². The lowest BCUT2D eigenvalue weighted by Crippen LogP contribution is -2.04. The van der Waals surface area contributed by atoms with Gasteiger partial charge in [-0.05, 0) is 35.8 Å². The quantitative estimate of drug-likeness (QED) is 0.536. The third-order valence-corrected chi connectivity index (χ3v) is 4.59. The summed E-state index contributed by atoms with van der Waals surface area (Å²) in [6.07, 6.45) is 3.62. The number of hydrogen-bond donors (Lipinski definition) is 1. The second kappa shape index (κ2) is 5.38. The van der Waals surface area contributed by atoms with Crippen LogP contribution >= 0.6 is 23.1 Å². The number of aromatic nitrogens is 2. The smallest absolute Gasteiger partial charge is 0.257 e. The van der Waals surface area contributed by atoms with Crippen molar-refractivity contribution in [3.05, 3.63) is 33.6 Å². The highest BCUT2D eigenvalue weighted by molar-refractivity contribution is 7.99. The molecule has 4 nitrogen and oxygen atoms in total. The van der Waals surface area contributed by atoms with Crippen molar-refractivity contribution in [1.29, 1.82) is 0 Å². The predicted molar refractivity (Wildman–Crippen MR) is 84.0 cm³/mol. The number of rotatable bonds is 3. The number of aryl methyl sites for hydroxylation is 1. The van der Waals surface area contributed by atoms with Gasteiger partial charge in [-0.2, -0.15) is 0 Å². The number of amides is 1. The molecule has 2 aromatic rings. The molecule has 0 atom stereocenters. The van der Waals surface area contributed by atoms with Crippen LogP contribution in [-0.4, -0.2) is 21.6 Å². The van der Waals surface area contributed by atoms with Crippen molar-refractivity contribution >= 4 is 46.5 Å². The summed E-state index contributed by atoms with van der Waals surface area (Å²) in [5, 5.41) is 5.57. The highest BCUT2D eigenvalue weighted by Crippen LogP contribution is 2.33. The number of nitrogens with one attached hydrogen (secondary N) is 1. The van der Waals surface area contributed by atoms with E-state index in [1.165, 1.54) is 5.56 Å². The van der Waals surface area contributed by atoms with E-state index in [9.17, 15) is 4.79 Å². The van der Waals surface area contributed by atoms with Crippen LogP contribution in [0.5, 0.6) is 0 Å². The summed E-state index contributed by atoms with van der Waals surface area (Å²) in [7, 11) is 0. The fourth-order valence-electron chi connectivity index (χ4n) is 1.97. The van der Waals surface area contributed by atoms with Crippen molar-refractivity contribution in [1.82, 2.24) is 9.97 Å². The van der Waals surface area contributed by atoms with Crippen molar-refractivity contribution in [3.63, 3.8) is 0 Å². The molecule has 1 aliphatic rings. The molecule has 1 aliphatic heterocycles. The van der Waals surface area contributed by atoms with E-state index >= 15 is 0 Å². The van der Waals surface area contributed by atoms with Gasteiger partial charge in [-0.25, -0.2) is 9.97 Å². The molecule has 0 radical (unpaired) electrons. The van der Waals surface area contributed by atoms with E-state index in [2.05, 4.69) is 26.7 Å². The van der Waals surface area contributed by atoms with Gasteiger partial charge in [0.1, 0.15) is 5.82 Å². The molecule has 0 unspecified atom stereocenters. The zero-order valence-electron chi connectivity index (χ0n) is 11.1. The molecular weight excluding hydrogens is 290 g/mol. The Morgan fingerprint density at radius 2 is 2.35 bits per heavy atom. The lowest BCUT2D eigenvalue weighted by molar-refractivity contribution is -0.110. The summed E-state index contributed by atoms with van der Waals surface area (Å²) in [6, 6.07) is 2.06. The van der Waals surface area contributed by atoms with Gasteiger partial charge in [0.05, 0.1) is 5.57 Å². The van der Waals surface area contributed by atoms with Gasteiger partial charge in [0.2, 0.25) is 0 Å². The highest BCUT2D eigenvalue weighted by Gasteiger charge is 2.26. The average molecular weight is 303 g/mol. The first kappa shape index (κ1) is 13.3. The second-order valence-electron chi connectivity index (χ2n) is 4.39. The van der Waals surface area contributed by atoms with Crippen LogP contribution in [0.1, 0.15) is 22.9 Å². The van der Waals surface area contributed by atoms with Crippen LogP contribution in [0.3, 0.4) is 0 Å². The molecule has 1 amide bonds. The van der Waals surface area contributed by atoms with E-state index in [1.54, 1.807) is 29.3 Å². The molecule has 0 saturated heterocycles. The maximum atomic E-state index is 12.1. The van der Waals surface area contributed by atoms with Gasteiger partial charge in [-0.3, -0.25) is 4.79 Å². The number of carbonyl (C=O) groups is 1. The van der Waals surface area contributed by atoms with Crippen molar-refractivity contribution in [2.75, 3.05) is 11.1 Å². The maximum Gasteiger partial charge on any atom is 0.257 e. The fraction of sp³-hybridized carbons (Fsp3) is 0.214. The number of nitrogens with zero attached hydrogens (tertiary/aromatic N) is 2. The number of anilines is 1. The molecule has 6 heteroatoms. The summed E-state index contributed by atoms with van der Waals surface area (Å²) in [4.78, 5) is 21.8. The molecule has 2 aromatic heterocycles. The Hall–Kier alpha value is -1.66. The minimum atomic E-state index is -0.112. The van der Waals surface area contributed by atoms with E-state index < -0.39 is 0 Å². The van der Waals surface area contributed by atoms with E-state index in [4.69, 9.17) is 0 Å². The minimum absolute atomic E-state index is 0.112. The number of hydrogen-bond acceptors (Lipinski definition) is 5. The Balaban J connectivity index is 2.00. The topological polar surface area (TPSA) is 54.9 Å². The van der Waals surface area contributed by atoms with E-state index in [0.717, 1.165) is 16.2 Å². The Kier molecular flexibility index (Phi) is 3.58. The molecule has 102 valence electrons. The van der Waals surface area contributed by atoms with Crippen LogP contribution < -0.4 is 5.32 Å². The largest absolute Gasteiger partial charge is 0.306 e. The summed E-state index contributed by atoms with van der Waals surface area (Å²) in [5.74, 6) is 1.41. The van der Waals surface area contributed by atoms with Gasteiger partial charge in [-0.1, -0.05) is 18.7 Å². The van der Waals surface area contributed by atoms with E-state index in [0.29, 0.717) is 16.5 Å². The third kappa shape index (κ3) is 2.48. The predicted octanol–water partition coefficient (Wildman–Crippen LogP) is 3.45. The summed E-state index contributed by atoms with van der Waals surface area (Å²) < 4.78 is 0. The van der Waals surface area contributed by atoms with Gasteiger partial charge in [0.15, 0.2) is 5.16 Å². The molecule has 0 fully saturated rings. The summed E-state index contributed by atoms with van der Waals surface area (Å²) >= 11 is 3.18. The standard InChI is InChI=1S/C14H13N3OS2/c1-3-19-14-15-6-11-10(13(18)16-12(11)17-14)5-9-4-8(2)7-20-9/h4-7H,3H2,1-2H3,(H,15,16,17,18). The third-order valence-electron chi connectivity index (χ3n) is 2.84. The first-order valence-corrected chi connectivity index (χ1v) is 8.12. The van der Waals surface area contributed by atoms with Gasteiger partial charge >= 0.3 is 0 Å². The Labute approximate surface area is 125 Å². The summed E-state index contributed by atoms with van der Waals surface area (Å²) in [5.41, 5.74) is 2.61. The molecule has 3 rings (SSSR count). The Morgan fingerprint density at radius 3 is 3.05 bits per heavy atom. The van der Waals surface area contributed by atoms with Gasteiger partial charge < -0.3 is 5.32 Å². The minimum Gasteiger partial charge on any atom is -0.306 e. The maximum absolute atomic E-state index is 12.1. The van der Waals surface area contributed by atoms with Crippen LogP contribution in [0.2, 0.25) is 0 Å². The Bertz CT molecular complexity index is 706. The number of carbonyl (C=O) groups excluding carboxylic acids is 1. The zero-order valence-corrected chi connectivity index (χ0v) is 12.8. The van der Waals surface area contributed by atoms with Crippen molar-refractivity contribution in [2.45, 2.75) is 19.0 Å². The molecular formula is C14H13N3OS2. The highest BCUT2D eigenvalue weighted by atomic mass is 32.2. The molecule has 0 saturated carbocycles. The molecule has 0 spiro atoms. The first-order valence-electron chi connectivity index (χ1n) is 6.25. The lowest BCUT2D eigenvalue weighted by Gasteiger charge is -2.00. The van der Waals surface area contributed by atoms with Crippen LogP contribution in [0.25, 0.3) is 11.6 Å². The van der Waals surface area contributed by atoms with Gasteiger partial charge in [0, 0.05) is 16.6 Å². The van der Waals surface area contributed by atoms with E-state index in [1.807, 2.05) is 19.9 Å². The SMILES string of the molecule is CCSc1ncc2c(n1)NC(=O)C2=Cc1cc(C)cs1. The average Bonchev–Trinajstić information content (AvgIpc) is 2.95. The first-order chi connectivity index (χ1) is 9.67. The fourth-order valence-corrected chi connectivity index (χ4v) is 3.34. The molecule has 0 bridgehead atoms. The molecule has 0 aromatic carbocycles. The van der Waals surface area contributed by atoms with Gasteiger partial charge in [0.25, 0.3) is 5.91 Å². The van der Waals surface area contributed by atoms with Gasteiger partial charge in [-0.15, -0.1) is 11.3 Å². The Morgan fingerprint density at radius 1 is 1.50 bits per heavy atom. The second-order valence-corrected chi connectivity index (χ2v) is 6.56. The van der Waals surface area contributed by atoms with E-state index in [-0.39, 0.29) is 5.91 Å².